The molecule has 0 aliphatic rings. The van der Waals surface area contributed by atoms with Crippen molar-refractivity contribution in [3.8, 4) is 0 Å². The van der Waals surface area contributed by atoms with Crippen molar-refractivity contribution in [1.82, 2.24) is 9.03 Å². The van der Waals surface area contributed by atoms with Crippen molar-refractivity contribution in [2.75, 3.05) is 25.1 Å². The lowest BCUT2D eigenvalue weighted by Crippen LogP contribution is -2.40. The predicted octanol–water partition coefficient (Wildman–Crippen LogP) is 1.34. The SMILES string of the molecule is CCCS(=O)(=O)NCCN(C(C)c1ccccc1)S(C)(=O)=O. The van der Waals surface area contributed by atoms with Crippen molar-refractivity contribution in [1.29, 1.82) is 0 Å². The van der Waals surface area contributed by atoms with Crippen LogP contribution in [0.3, 0.4) is 0 Å². The molecule has 0 aliphatic carbocycles. The van der Waals surface area contributed by atoms with E-state index in [-0.39, 0.29) is 24.9 Å². The van der Waals surface area contributed by atoms with Gasteiger partial charge in [0.15, 0.2) is 0 Å². The fourth-order valence-electron chi connectivity index (χ4n) is 2.20. The normalized spacial score (nSPS) is 14.2. The lowest BCUT2D eigenvalue weighted by atomic mass is 10.1. The summed E-state index contributed by atoms with van der Waals surface area (Å²) in [5.41, 5.74) is 0.865. The van der Waals surface area contributed by atoms with Gasteiger partial charge in [-0.3, -0.25) is 0 Å². The van der Waals surface area contributed by atoms with Crippen molar-refractivity contribution >= 4 is 20.0 Å². The first-order valence-corrected chi connectivity index (χ1v) is 10.7. The van der Waals surface area contributed by atoms with Gasteiger partial charge in [0.1, 0.15) is 0 Å². The molecule has 0 aliphatic heterocycles. The number of hydrogen-bond acceptors (Lipinski definition) is 4. The minimum atomic E-state index is -3.44. The van der Waals surface area contributed by atoms with Crippen LogP contribution in [0.5, 0.6) is 0 Å². The molecule has 0 saturated carbocycles. The third-order valence-corrected chi connectivity index (χ3v) is 6.21. The minimum Gasteiger partial charge on any atom is -0.214 e. The van der Waals surface area contributed by atoms with E-state index in [4.69, 9.17) is 0 Å². The Morgan fingerprint density at radius 3 is 2.23 bits per heavy atom. The molecule has 0 fully saturated rings. The van der Waals surface area contributed by atoms with Crippen LogP contribution < -0.4 is 4.72 Å². The van der Waals surface area contributed by atoms with Gasteiger partial charge in [-0.05, 0) is 18.9 Å². The van der Waals surface area contributed by atoms with E-state index in [1.165, 1.54) is 4.31 Å². The second kappa shape index (κ2) is 8.05. The van der Waals surface area contributed by atoms with Crippen LogP contribution in [-0.4, -0.2) is 46.2 Å². The zero-order chi connectivity index (χ0) is 16.8. The van der Waals surface area contributed by atoms with Gasteiger partial charge in [0.25, 0.3) is 0 Å². The molecular formula is C14H24N2O4S2. The van der Waals surface area contributed by atoms with Crippen LogP contribution in [0.15, 0.2) is 30.3 Å². The monoisotopic (exact) mass is 348 g/mol. The summed E-state index contributed by atoms with van der Waals surface area (Å²) < 4.78 is 50.9. The van der Waals surface area contributed by atoms with Crippen LogP contribution in [0, 0.1) is 0 Å². The number of hydrogen-bond donors (Lipinski definition) is 1. The van der Waals surface area contributed by atoms with E-state index in [0.717, 1.165) is 11.8 Å². The average Bonchev–Trinajstić information content (AvgIpc) is 2.42. The summed E-state index contributed by atoms with van der Waals surface area (Å²) in [5.74, 6) is 0.0418. The van der Waals surface area contributed by atoms with Crippen molar-refractivity contribution in [3.63, 3.8) is 0 Å². The van der Waals surface area contributed by atoms with Crippen molar-refractivity contribution in [3.05, 3.63) is 35.9 Å². The first-order valence-electron chi connectivity index (χ1n) is 7.16. The van der Waals surface area contributed by atoms with Crippen LogP contribution in [0.1, 0.15) is 31.9 Å². The molecule has 1 N–H and O–H groups in total. The standard InChI is InChI=1S/C14H24N2O4S2/c1-4-12-22(19,20)15-10-11-16(21(3,17)18)13(2)14-8-6-5-7-9-14/h5-9,13,15H,4,10-12H2,1-3H3. The third kappa shape index (κ3) is 6.04. The fourth-order valence-corrected chi connectivity index (χ4v) is 4.40. The van der Waals surface area contributed by atoms with E-state index in [1.54, 1.807) is 13.8 Å². The Morgan fingerprint density at radius 1 is 1.14 bits per heavy atom. The lowest BCUT2D eigenvalue weighted by Gasteiger charge is -2.27. The Balaban J connectivity index is 2.79. The Labute approximate surface area is 133 Å². The second-order valence-corrected chi connectivity index (χ2v) is 9.04. The Hall–Kier alpha value is -0.960. The maximum absolute atomic E-state index is 12.0. The van der Waals surface area contributed by atoms with Gasteiger partial charge in [-0.25, -0.2) is 21.6 Å². The average molecular weight is 348 g/mol. The van der Waals surface area contributed by atoms with Gasteiger partial charge in [0, 0.05) is 19.1 Å². The highest BCUT2D eigenvalue weighted by atomic mass is 32.2. The van der Waals surface area contributed by atoms with Crippen LogP contribution >= 0.6 is 0 Å². The summed E-state index contributed by atoms with van der Waals surface area (Å²) in [4.78, 5) is 0. The molecule has 0 bridgehead atoms. The topological polar surface area (TPSA) is 83.6 Å². The largest absolute Gasteiger partial charge is 0.214 e. The molecule has 8 heteroatoms. The molecule has 126 valence electrons. The van der Waals surface area contributed by atoms with Gasteiger partial charge in [-0.1, -0.05) is 37.3 Å². The van der Waals surface area contributed by atoms with Gasteiger partial charge in [0.05, 0.1) is 12.0 Å². The number of sulfonamides is 2. The smallest absolute Gasteiger partial charge is 0.211 e. The highest BCUT2D eigenvalue weighted by Crippen LogP contribution is 2.21. The van der Waals surface area contributed by atoms with Gasteiger partial charge in [-0.15, -0.1) is 0 Å². The zero-order valence-electron chi connectivity index (χ0n) is 13.2. The highest BCUT2D eigenvalue weighted by molar-refractivity contribution is 7.89. The molecular weight excluding hydrogens is 324 g/mol. The van der Waals surface area contributed by atoms with Crippen LogP contribution in [0.25, 0.3) is 0 Å². The number of nitrogens with one attached hydrogen (secondary N) is 1. The molecule has 1 aromatic rings. The highest BCUT2D eigenvalue weighted by Gasteiger charge is 2.24. The first-order chi connectivity index (χ1) is 10.2. The van der Waals surface area contributed by atoms with Crippen molar-refractivity contribution < 1.29 is 16.8 Å². The molecule has 0 amide bonds. The molecule has 6 nitrogen and oxygen atoms in total. The summed E-state index contributed by atoms with van der Waals surface area (Å²) in [6.07, 6.45) is 1.65. The van der Waals surface area contributed by atoms with Crippen molar-refractivity contribution in [2.24, 2.45) is 0 Å². The molecule has 1 unspecified atom stereocenters. The van der Waals surface area contributed by atoms with Crippen LogP contribution in [-0.2, 0) is 20.0 Å². The molecule has 0 radical (unpaired) electrons. The predicted molar refractivity (Wildman–Crippen MR) is 88.5 cm³/mol. The van der Waals surface area contributed by atoms with Gasteiger partial charge in [0.2, 0.25) is 20.0 Å². The van der Waals surface area contributed by atoms with Gasteiger partial charge < -0.3 is 0 Å². The Bertz CT molecular complexity index is 657. The summed E-state index contributed by atoms with van der Waals surface area (Å²) >= 11 is 0. The zero-order valence-corrected chi connectivity index (χ0v) is 14.8. The van der Waals surface area contributed by atoms with Gasteiger partial charge >= 0.3 is 0 Å². The Morgan fingerprint density at radius 2 is 1.73 bits per heavy atom. The minimum absolute atomic E-state index is 0.0418. The number of rotatable bonds is 9. The fraction of sp³-hybridized carbons (Fsp3) is 0.571. The summed E-state index contributed by atoms with van der Waals surface area (Å²) in [6.45, 7) is 3.72. The van der Waals surface area contributed by atoms with E-state index in [1.807, 2.05) is 30.3 Å². The summed E-state index contributed by atoms with van der Waals surface area (Å²) in [6, 6.07) is 8.90. The number of benzene rings is 1. The molecule has 1 rings (SSSR count). The number of nitrogens with zero attached hydrogens (tertiary/aromatic N) is 1. The van der Waals surface area contributed by atoms with E-state index in [2.05, 4.69) is 4.72 Å². The molecule has 0 saturated heterocycles. The molecule has 1 aromatic carbocycles. The molecule has 0 heterocycles. The Kier molecular flexibility index (Phi) is 6.98. The summed E-state index contributed by atoms with van der Waals surface area (Å²) in [5, 5.41) is 0. The van der Waals surface area contributed by atoms with Crippen LogP contribution in [0.2, 0.25) is 0 Å². The van der Waals surface area contributed by atoms with E-state index < -0.39 is 20.0 Å². The summed E-state index contributed by atoms with van der Waals surface area (Å²) in [7, 11) is -6.78. The maximum Gasteiger partial charge on any atom is 0.211 e. The van der Waals surface area contributed by atoms with E-state index in [0.29, 0.717) is 6.42 Å². The van der Waals surface area contributed by atoms with Crippen LogP contribution in [0.4, 0.5) is 0 Å². The van der Waals surface area contributed by atoms with E-state index >= 15 is 0 Å². The lowest BCUT2D eigenvalue weighted by molar-refractivity contribution is 0.348. The molecule has 1 atom stereocenters. The first kappa shape index (κ1) is 19.1. The molecule has 0 aromatic heterocycles. The molecule has 0 spiro atoms. The molecule has 22 heavy (non-hydrogen) atoms. The van der Waals surface area contributed by atoms with Crippen molar-refractivity contribution in [2.45, 2.75) is 26.3 Å². The third-order valence-electron chi connectivity index (χ3n) is 3.27. The van der Waals surface area contributed by atoms with Gasteiger partial charge in [-0.2, -0.15) is 4.31 Å². The maximum atomic E-state index is 12.0. The van der Waals surface area contributed by atoms with E-state index in [9.17, 15) is 16.8 Å². The second-order valence-electron chi connectivity index (χ2n) is 5.17. The quantitative estimate of drug-likeness (QED) is 0.730.